The van der Waals surface area contributed by atoms with E-state index in [1.807, 2.05) is 13.8 Å². The molecule has 1 saturated carbocycles. The molecular weight excluding hydrogens is 218 g/mol. The van der Waals surface area contributed by atoms with Crippen LogP contribution >= 0.6 is 0 Å². The fourth-order valence-corrected chi connectivity index (χ4v) is 2.94. The summed E-state index contributed by atoms with van der Waals surface area (Å²) in [6, 6.07) is -0.0198. The second-order valence-corrected chi connectivity index (χ2v) is 5.05. The van der Waals surface area contributed by atoms with Gasteiger partial charge < -0.3 is 4.74 Å². The average molecular weight is 239 g/mol. The van der Waals surface area contributed by atoms with E-state index in [0.717, 1.165) is 25.7 Å². The highest BCUT2D eigenvalue weighted by Crippen LogP contribution is 2.31. The number of amides is 2. The van der Waals surface area contributed by atoms with E-state index in [1.165, 1.54) is 4.90 Å². The van der Waals surface area contributed by atoms with Crippen molar-refractivity contribution in [2.24, 2.45) is 5.92 Å². The minimum atomic E-state index is -0.147. The van der Waals surface area contributed by atoms with Crippen molar-refractivity contribution >= 4 is 11.8 Å². The van der Waals surface area contributed by atoms with Gasteiger partial charge in [-0.3, -0.25) is 14.5 Å². The van der Waals surface area contributed by atoms with Crippen molar-refractivity contribution < 1.29 is 14.3 Å². The molecule has 4 nitrogen and oxygen atoms in total. The van der Waals surface area contributed by atoms with Crippen LogP contribution in [0.4, 0.5) is 0 Å². The van der Waals surface area contributed by atoms with Crippen molar-refractivity contribution in [2.75, 3.05) is 6.61 Å². The third-order valence-corrected chi connectivity index (χ3v) is 3.79. The minimum Gasteiger partial charge on any atom is -0.376 e. The summed E-state index contributed by atoms with van der Waals surface area (Å²) in [5.74, 6) is -0.169. The molecule has 1 aliphatic carbocycles. The van der Waals surface area contributed by atoms with E-state index in [4.69, 9.17) is 4.74 Å². The SMILES string of the molecule is CCO[C@@H]1CCCC[C@H]1N1C(=O)C[C@@H](C)C1=O. The molecule has 1 heterocycles. The molecule has 3 atom stereocenters. The van der Waals surface area contributed by atoms with E-state index < -0.39 is 0 Å². The zero-order valence-electron chi connectivity index (χ0n) is 10.6. The standard InChI is InChI=1S/C13H21NO3/c1-3-17-11-7-5-4-6-10(11)14-12(15)8-9(2)13(14)16/h9-11H,3-8H2,1-2H3/t9-,10-,11-/m1/s1. The lowest BCUT2D eigenvalue weighted by molar-refractivity contribution is -0.147. The lowest BCUT2D eigenvalue weighted by Gasteiger charge is -2.36. The van der Waals surface area contributed by atoms with Crippen LogP contribution in [0.25, 0.3) is 0 Å². The summed E-state index contributed by atoms with van der Waals surface area (Å²) >= 11 is 0. The summed E-state index contributed by atoms with van der Waals surface area (Å²) in [6.45, 7) is 4.44. The van der Waals surface area contributed by atoms with E-state index in [2.05, 4.69) is 0 Å². The lowest BCUT2D eigenvalue weighted by atomic mass is 9.91. The highest BCUT2D eigenvalue weighted by atomic mass is 16.5. The number of hydrogen-bond donors (Lipinski definition) is 0. The molecule has 17 heavy (non-hydrogen) atoms. The molecule has 1 saturated heterocycles. The van der Waals surface area contributed by atoms with E-state index in [9.17, 15) is 9.59 Å². The van der Waals surface area contributed by atoms with Crippen molar-refractivity contribution in [2.45, 2.75) is 58.1 Å². The highest BCUT2D eigenvalue weighted by Gasteiger charge is 2.43. The van der Waals surface area contributed by atoms with Crippen molar-refractivity contribution in [1.82, 2.24) is 4.90 Å². The van der Waals surface area contributed by atoms with Crippen LogP contribution < -0.4 is 0 Å². The molecule has 0 bridgehead atoms. The monoisotopic (exact) mass is 239 g/mol. The van der Waals surface area contributed by atoms with Crippen molar-refractivity contribution in [1.29, 1.82) is 0 Å². The second kappa shape index (κ2) is 5.17. The number of nitrogens with zero attached hydrogens (tertiary/aromatic N) is 1. The summed E-state index contributed by atoms with van der Waals surface area (Å²) in [5, 5.41) is 0. The molecule has 0 N–H and O–H groups in total. The van der Waals surface area contributed by atoms with Gasteiger partial charge in [0.2, 0.25) is 11.8 Å². The smallest absolute Gasteiger partial charge is 0.232 e. The highest BCUT2D eigenvalue weighted by molar-refractivity contribution is 6.03. The predicted molar refractivity (Wildman–Crippen MR) is 63.3 cm³/mol. The van der Waals surface area contributed by atoms with Gasteiger partial charge in [-0.25, -0.2) is 0 Å². The summed E-state index contributed by atoms with van der Waals surface area (Å²) < 4.78 is 5.69. The number of hydrogen-bond acceptors (Lipinski definition) is 3. The van der Waals surface area contributed by atoms with Crippen LogP contribution in [0.3, 0.4) is 0 Å². The molecule has 4 heteroatoms. The third-order valence-electron chi connectivity index (χ3n) is 3.79. The van der Waals surface area contributed by atoms with Crippen LogP contribution in [0.2, 0.25) is 0 Å². The maximum atomic E-state index is 12.0. The average Bonchev–Trinajstić information content (AvgIpc) is 2.55. The van der Waals surface area contributed by atoms with Gasteiger partial charge in [0.25, 0.3) is 0 Å². The Hall–Kier alpha value is -0.900. The largest absolute Gasteiger partial charge is 0.376 e. The molecule has 0 spiro atoms. The normalized spacial score (nSPS) is 34.5. The Morgan fingerprint density at radius 3 is 2.59 bits per heavy atom. The number of carbonyl (C=O) groups is 2. The van der Waals surface area contributed by atoms with Crippen LogP contribution in [-0.2, 0) is 14.3 Å². The molecule has 2 aliphatic rings. The molecule has 0 aromatic rings. The Labute approximate surface area is 102 Å². The topological polar surface area (TPSA) is 46.6 Å². The Kier molecular flexibility index (Phi) is 3.82. The number of likely N-dealkylation sites (tertiary alicyclic amines) is 1. The first-order valence-electron chi connectivity index (χ1n) is 6.62. The molecule has 0 radical (unpaired) electrons. The van der Waals surface area contributed by atoms with Crippen molar-refractivity contribution in [3.63, 3.8) is 0 Å². The van der Waals surface area contributed by atoms with Gasteiger partial charge in [0.1, 0.15) is 0 Å². The van der Waals surface area contributed by atoms with E-state index >= 15 is 0 Å². The van der Waals surface area contributed by atoms with Gasteiger partial charge >= 0.3 is 0 Å². The van der Waals surface area contributed by atoms with Gasteiger partial charge in [0.15, 0.2) is 0 Å². The summed E-state index contributed by atoms with van der Waals surface area (Å²) in [4.78, 5) is 25.4. The second-order valence-electron chi connectivity index (χ2n) is 5.05. The number of ether oxygens (including phenoxy) is 1. The first-order chi connectivity index (χ1) is 8.15. The quantitative estimate of drug-likeness (QED) is 0.705. The van der Waals surface area contributed by atoms with Crippen molar-refractivity contribution in [3.8, 4) is 0 Å². The van der Waals surface area contributed by atoms with Gasteiger partial charge in [-0.1, -0.05) is 19.8 Å². The fourth-order valence-electron chi connectivity index (χ4n) is 2.94. The van der Waals surface area contributed by atoms with Gasteiger partial charge in [-0.15, -0.1) is 0 Å². The zero-order chi connectivity index (χ0) is 12.4. The molecule has 0 aromatic carbocycles. The fraction of sp³-hybridized carbons (Fsp3) is 0.846. The van der Waals surface area contributed by atoms with Crippen molar-refractivity contribution in [3.05, 3.63) is 0 Å². The van der Waals surface area contributed by atoms with Gasteiger partial charge in [-0.05, 0) is 19.8 Å². The minimum absolute atomic E-state index is 0.00777. The summed E-state index contributed by atoms with van der Waals surface area (Å²) in [7, 11) is 0. The zero-order valence-corrected chi connectivity index (χ0v) is 10.6. The first-order valence-corrected chi connectivity index (χ1v) is 6.62. The van der Waals surface area contributed by atoms with Crippen LogP contribution in [0.1, 0.15) is 46.0 Å². The third kappa shape index (κ3) is 2.37. The molecule has 96 valence electrons. The van der Waals surface area contributed by atoms with E-state index in [1.54, 1.807) is 0 Å². The van der Waals surface area contributed by atoms with Gasteiger partial charge in [0.05, 0.1) is 12.1 Å². The summed E-state index contributed by atoms with van der Waals surface area (Å²) in [6.07, 6.45) is 4.49. The number of rotatable bonds is 3. The van der Waals surface area contributed by atoms with Gasteiger partial charge in [-0.2, -0.15) is 0 Å². The van der Waals surface area contributed by atoms with Crippen LogP contribution in [-0.4, -0.2) is 35.5 Å². The van der Waals surface area contributed by atoms with Crippen LogP contribution in [0.5, 0.6) is 0 Å². The van der Waals surface area contributed by atoms with Crippen LogP contribution in [0.15, 0.2) is 0 Å². The number of imide groups is 1. The molecule has 2 amide bonds. The number of carbonyl (C=O) groups excluding carboxylic acids is 2. The maximum Gasteiger partial charge on any atom is 0.232 e. The maximum absolute atomic E-state index is 12.0. The molecule has 2 fully saturated rings. The molecule has 0 aromatic heterocycles. The Morgan fingerprint density at radius 1 is 1.29 bits per heavy atom. The molecule has 2 rings (SSSR count). The lowest BCUT2D eigenvalue weighted by Crippen LogP contribution is -2.49. The van der Waals surface area contributed by atoms with E-state index in [0.29, 0.717) is 13.0 Å². The Morgan fingerprint density at radius 2 is 2.00 bits per heavy atom. The first kappa shape index (κ1) is 12.6. The molecule has 1 aliphatic heterocycles. The Bertz CT molecular complexity index is 314. The Balaban J connectivity index is 2.13. The predicted octanol–water partition coefficient (Wildman–Crippen LogP) is 1.73. The van der Waals surface area contributed by atoms with Crippen LogP contribution in [0, 0.1) is 5.92 Å². The van der Waals surface area contributed by atoms with E-state index in [-0.39, 0.29) is 29.9 Å². The molecular formula is C13H21NO3. The molecule has 0 unspecified atom stereocenters. The summed E-state index contributed by atoms with van der Waals surface area (Å²) in [5.41, 5.74) is 0. The van der Waals surface area contributed by atoms with Gasteiger partial charge in [0, 0.05) is 18.9 Å².